The Bertz CT molecular complexity index is 1520. The van der Waals surface area contributed by atoms with Crippen molar-refractivity contribution in [2.45, 2.75) is 25.3 Å². The molecule has 1 N–H and O–H groups in total. The van der Waals surface area contributed by atoms with Crippen LogP contribution in [0.2, 0.25) is 0 Å². The van der Waals surface area contributed by atoms with Crippen LogP contribution in [0.5, 0.6) is 5.75 Å². The molecule has 0 heterocycles. The molecule has 194 valence electrons. The number of hydrogen-bond acceptors (Lipinski definition) is 5. The average Bonchev–Trinajstić information content (AvgIpc) is 2.94. The Morgan fingerprint density at radius 2 is 1.53 bits per heavy atom. The molecule has 7 nitrogen and oxygen atoms in total. The van der Waals surface area contributed by atoms with Crippen molar-refractivity contribution >= 4 is 27.8 Å². The first-order chi connectivity index (χ1) is 18.4. The van der Waals surface area contributed by atoms with Crippen LogP contribution < -0.4 is 14.5 Å². The molecule has 0 atom stereocenters. The van der Waals surface area contributed by atoms with Crippen LogP contribution >= 0.6 is 0 Å². The molecule has 0 saturated carbocycles. The minimum Gasteiger partial charge on any atom is -0.488 e. The number of nitrogens with zero attached hydrogens (tertiary/aromatic N) is 2. The van der Waals surface area contributed by atoms with Gasteiger partial charge in [0.2, 0.25) is 0 Å². The van der Waals surface area contributed by atoms with Gasteiger partial charge in [-0.3, -0.25) is 9.10 Å². The lowest BCUT2D eigenvalue weighted by Gasteiger charge is -2.26. The number of amides is 1. The van der Waals surface area contributed by atoms with Gasteiger partial charge < -0.3 is 4.74 Å². The van der Waals surface area contributed by atoms with Gasteiger partial charge in [-0.2, -0.15) is 5.10 Å². The Morgan fingerprint density at radius 3 is 2.26 bits per heavy atom. The maximum absolute atomic E-state index is 13.6. The summed E-state index contributed by atoms with van der Waals surface area (Å²) in [4.78, 5) is 13.0. The standard InChI is InChI=1S/C30H29N3O4S/c1-23-12-11-18-28(24(23)2)33(38(35,36)27-16-7-4-8-17-27)21-30(34)32-31-20-26-15-9-10-19-29(26)37-22-25-13-5-3-6-14-25/h3-20H,21-22H2,1-2H3,(H,32,34)/b31-20+. The highest BCUT2D eigenvalue weighted by molar-refractivity contribution is 7.92. The number of nitrogens with one attached hydrogen (secondary N) is 1. The number of aryl methyl sites for hydroxylation is 1. The van der Waals surface area contributed by atoms with Crippen LogP contribution in [0.25, 0.3) is 0 Å². The minimum atomic E-state index is -4.01. The third-order valence-electron chi connectivity index (χ3n) is 6.01. The van der Waals surface area contributed by atoms with Crippen molar-refractivity contribution < 1.29 is 17.9 Å². The molecule has 0 unspecified atom stereocenters. The van der Waals surface area contributed by atoms with Crippen LogP contribution in [0, 0.1) is 13.8 Å². The van der Waals surface area contributed by atoms with E-state index in [2.05, 4.69) is 10.5 Å². The Morgan fingerprint density at radius 1 is 0.868 bits per heavy atom. The Kier molecular flexibility index (Phi) is 8.55. The number of carbonyl (C=O) groups is 1. The van der Waals surface area contributed by atoms with Crippen molar-refractivity contribution in [3.63, 3.8) is 0 Å². The fourth-order valence-electron chi connectivity index (χ4n) is 3.82. The van der Waals surface area contributed by atoms with Crippen molar-refractivity contribution in [2.75, 3.05) is 10.8 Å². The van der Waals surface area contributed by atoms with Crippen molar-refractivity contribution in [3.05, 3.63) is 125 Å². The highest BCUT2D eigenvalue weighted by Gasteiger charge is 2.28. The molecule has 0 bridgehead atoms. The fraction of sp³-hybridized carbons (Fsp3) is 0.133. The van der Waals surface area contributed by atoms with E-state index in [0.717, 1.165) is 21.0 Å². The van der Waals surface area contributed by atoms with E-state index < -0.39 is 22.5 Å². The van der Waals surface area contributed by atoms with E-state index in [4.69, 9.17) is 4.74 Å². The maximum atomic E-state index is 13.6. The molecule has 4 aromatic carbocycles. The molecule has 0 spiro atoms. The van der Waals surface area contributed by atoms with E-state index in [0.29, 0.717) is 23.6 Å². The molecule has 0 aromatic heterocycles. The van der Waals surface area contributed by atoms with Crippen molar-refractivity contribution in [2.24, 2.45) is 5.10 Å². The smallest absolute Gasteiger partial charge is 0.264 e. The highest BCUT2D eigenvalue weighted by Crippen LogP contribution is 2.28. The minimum absolute atomic E-state index is 0.0988. The number of carbonyl (C=O) groups excluding carboxylic acids is 1. The van der Waals surface area contributed by atoms with Gasteiger partial charge in [-0.15, -0.1) is 0 Å². The van der Waals surface area contributed by atoms with Crippen LogP contribution in [0.15, 0.2) is 113 Å². The number of hydrogen-bond donors (Lipinski definition) is 1. The summed E-state index contributed by atoms with van der Waals surface area (Å²) in [5, 5.41) is 4.07. The van der Waals surface area contributed by atoms with Crippen LogP contribution in [-0.2, 0) is 21.4 Å². The van der Waals surface area contributed by atoms with Gasteiger partial charge in [-0.25, -0.2) is 13.8 Å². The fourth-order valence-corrected chi connectivity index (χ4v) is 5.32. The zero-order chi connectivity index (χ0) is 27.0. The summed E-state index contributed by atoms with van der Waals surface area (Å²) in [7, 11) is -4.01. The SMILES string of the molecule is Cc1cccc(N(CC(=O)N/N=C/c2ccccc2OCc2ccccc2)S(=O)(=O)c2ccccc2)c1C. The van der Waals surface area contributed by atoms with Gasteiger partial charge in [-0.05, 0) is 60.9 Å². The second-order valence-electron chi connectivity index (χ2n) is 8.65. The molecule has 0 radical (unpaired) electrons. The van der Waals surface area contributed by atoms with Crippen LogP contribution in [0.4, 0.5) is 5.69 Å². The van der Waals surface area contributed by atoms with E-state index in [9.17, 15) is 13.2 Å². The predicted octanol–water partition coefficient (Wildman–Crippen LogP) is 5.23. The van der Waals surface area contributed by atoms with Crippen molar-refractivity contribution in [1.29, 1.82) is 0 Å². The molecule has 0 fully saturated rings. The summed E-state index contributed by atoms with van der Waals surface area (Å²) in [6.07, 6.45) is 1.48. The molecule has 0 aliphatic carbocycles. The lowest BCUT2D eigenvalue weighted by atomic mass is 10.1. The van der Waals surface area contributed by atoms with Gasteiger partial charge >= 0.3 is 0 Å². The van der Waals surface area contributed by atoms with E-state index in [1.54, 1.807) is 30.3 Å². The van der Waals surface area contributed by atoms with Gasteiger partial charge in [0.25, 0.3) is 15.9 Å². The number of benzene rings is 4. The summed E-state index contributed by atoms with van der Waals surface area (Å²) in [6.45, 7) is 3.68. The molecular formula is C30H29N3O4S. The van der Waals surface area contributed by atoms with Crippen LogP contribution in [0.1, 0.15) is 22.3 Å². The monoisotopic (exact) mass is 527 g/mol. The van der Waals surface area contributed by atoms with E-state index >= 15 is 0 Å². The Labute approximate surface area is 223 Å². The Hall–Kier alpha value is -4.43. The number of hydrazone groups is 1. The van der Waals surface area contributed by atoms with Crippen molar-refractivity contribution in [3.8, 4) is 5.75 Å². The molecule has 0 aliphatic heterocycles. The average molecular weight is 528 g/mol. The normalized spacial score (nSPS) is 11.3. The van der Waals surface area contributed by atoms with E-state index in [1.165, 1.54) is 18.3 Å². The molecule has 8 heteroatoms. The molecule has 0 saturated heterocycles. The van der Waals surface area contributed by atoms with Gasteiger partial charge in [-0.1, -0.05) is 72.8 Å². The summed E-state index contributed by atoms with van der Waals surface area (Å²) in [5.41, 5.74) is 6.29. The number of para-hydroxylation sites is 1. The van der Waals surface area contributed by atoms with E-state index in [-0.39, 0.29) is 4.90 Å². The number of sulfonamides is 1. The first-order valence-corrected chi connectivity index (χ1v) is 13.5. The second-order valence-corrected chi connectivity index (χ2v) is 10.5. The highest BCUT2D eigenvalue weighted by atomic mass is 32.2. The number of rotatable bonds is 10. The number of anilines is 1. The lowest BCUT2D eigenvalue weighted by Crippen LogP contribution is -2.40. The predicted molar refractivity (Wildman–Crippen MR) is 150 cm³/mol. The van der Waals surface area contributed by atoms with Gasteiger partial charge in [0, 0.05) is 5.56 Å². The largest absolute Gasteiger partial charge is 0.488 e. The number of ether oxygens (including phenoxy) is 1. The topological polar surface area (TPSA) is 88.1 Å². The molecule has 0 aliphatic rings. The molecule has 38 heavy (non-hydrogen) atoms. The van der Waals surface area contributed by atoms with Crippen molar-refractivity contribution in [1.82, 2.24) is 5.43 Å². The first kappa shape index (κ1) is 26.6. The van der Waals surface area contributed by atoms with Gasteiger partial charge in [0.1, 0.15) is 18.9 Å². The lowest BCUT2D eigenvalue weighted by molar-refractivity contribution is -0.119. The zero-order valence-corrected chi connectivity index (χ0v) is 22.1. The summed E-state index contributed by atoms with van der Waals surface area (Å²) < 4.78 is 34.2. The van der Waals surface area contributed by atoms with Gasteiger partial charge in [0.05, 0.1) is 16.8 Å². The second kappa shape index (κ2) is 12.2. The third kappa shape index (κ3) is 6.46. The summed E-state index contributed by atoms with van der Waals surface area (Å²) >= 11 is 0. The molecule has 1 amide bonds. The zero-order valence-electron chi connectivity index (χ0n) is 21.2. The van der Waals surface area contributed by atoms with E-state index in [1.807, 2.05) is 74.5 Å². The summed E-state index contributed by atoms with van der Waals surface area (Å²) in [6, 6.07) is 30.5. The maximum Gasteiger partial charge on any atom is 0.264 e. The first-order valence-electron chi connectivity index (χ1n) is 12.1. The molecule has 4 aromatic rings. The molecule has 4 rings (SSSR count). The van der Waals surface area contributed by atoms with Crippen LogP contribution in [-0.4, -0.2) is 27.1 Å². The Balaban J connectivity index is 1.51. The van der Waals surface area contributed by atoms with Gasteiger partial charge in [0.15, 0.2) is 0 Å². The molecular weight excluding hydrogens is 498 g/mol. The van der Waals surface area contributed by atoms with Crippen LogP contribution in [0.3, 0.4) is 0 Å². The third-order valence-corrected chi connectivity index (χ3v) is 7.79. The quantitative estimate of drug-likeness (QED) is 0.226. The summed E-state index contributed by atoms with van der Waals surface area (Å²) in [5.74, 6) is 0.0300.